The van der Waals surface area contributed by atoms with Gasteiger partial charge in [0, 0.05) is 37.6 Å². The summed E-state index contributed by atoms with van der Waals surface area (Å²) in [4.78, 5) is 2.66. The van der Waals surface area contributed by atoms with Crippen molar-refractivity contribution in [3.8, 4) is 0 Å². The number of aromatic nitrogens is 1. The van der Waals surface area contributed by atoms with Gasteiger partial charge >= 0.3 is 0 Å². The van der Waals surface area contributed by atoms with Crippen LogP contribution in [0.25, 0.3) is 0 Å². The molecule has 0 aliphatic carbocycles. The van der Waals surface area contributed by atoms with E-state index in [1.54, 1.807) is 0 Å². The molecule has 0 bridgehead atoms. The molecule has 1 fully saturated rings. The van der Waals surface area contributed by atoms with Crippen molar-refractivity contribution in [1.82, 2.24) is 14.8 Å². The van der Waals surface area contributed by atoms with E-state index in [1.807, 2.05) is 0 Å². The van der Waals surface area contributed by atoms with Gasteiger partial charge in [-0.2, -0.15) is 0 Å². The summed E-state index contributed by atoms with van der Waals surface area (Å²) in [7, 11) is 0. The third-order valence-electron chi connectivity index (χ3n) is 4.30. The summed E-state index contributed by atoms with van der Waals surface area (Å²) < 4.78 is 2.31. The van der Waals surface area contributed by atoms with E-state index < -0.39 is 0 Å². The molecule has 1 aliphatic heterocycles. The smallest absolute Gasteiger partial charge is 0.0359 e. The highest BCUT2D eigenvalue weighted by Crippen LogP contribution is 2.17. The Morgan fingerprint density at radius 3 is 2.63 bits per heavy atom. The minimum atomic E-state index is 0.688. The fourth-order valence-corrected chi connectivity index (χ4v) is 3.13. The van der Waals surface area contributed by atoms with Crippen LogP contribution in [0.3, 0.4) is 0 Å². The molecule has 1 atom stereocenters. The molecule has 3 heteroatoms. The van der Waals surface area contributed by atoms with Gasteiger partial charge < -0.3 is 9.88 Å². The van der Waals surface area contributed by atoms with Crippen molar-refractivity contribution in [3.05, 3.63) is 24.0 Å². The van der Waals surface area contributed by atoms with Gasteiger partial charge in [0.15, 0.2) is 0 Å². The molecule has 0 spiro atoms. The van der Waals surface area contributed by atoms with E-state index in [4.69, 9.17) is 0 Å². The van der Waals surface area contributed by atoms with Crippen LogP contribution in [0.15, 0.2) is 18.3 Å². The second-order valence-electron chi connectivity index (χ2n) is 5.97. The van der Waals surface area contributed by atoms with Crippen molar-refractivity contribution in [1.29, 1.82) is 0 Å². The van der Waals surface area contributed by atoms with E-state index in [2.05, 4.69) is 53.9 Å². The number of nitrogens with zero attached hydrogens (tertiary/aromatic N) is 2. The summed E-state index contributed by atoms with van der Waals surface area (Å²) in [5.74, 6) is 0.726. The van der Waals surface area contributed by atoms with Crippen LogP contribution in [0.5, 0.6) is 0 Å². The maximum absolute atomic E-state index is 3.66. The van der Waals surface area contributed by atoms with Crippen molar-refractivity contribution in [2.24, 2.45) is 5.92 Å². The highest BCUT2D eigenvalue weighted by molar-refractivity contribution is 5.06. The molecule has 0 aromatic carbocycles. The van der Waals surface area contributed by atoms with Gasteiger partial charge in [-0.3, -0.25) is 4.90 Å². The van der Waals surface area contributed by atoms with Crippen molar-refractivity contribution in [2.45, 2.75) is 52.7 Å². The molecule has 0 amide bonds. The Morgan fingerprint density at radius 2 is 2.00 bits per heavy atom. The first kappa shape index (κ1) is 14.6. The lowest BCUT2D eigenvalue weighted by molar-refractivity contribution is 0.186. The summed E-state index contributed by atoms with van der Waals surface area (Å²) in [6.07, 6.45) is 4.92. The molecule has 1 saturated heterocycles. The van der Waals surface area contributed by atoms with E-state index in [0.717, 1.165) is 25.6 Å². The van der Waals surface area contributed by atoms with Crippen molar-refractivity contribution >= 4 is 0 Å². The first-order valence-corrected chi connectivity index (χ1v) is 7.81. The van der Waals surface area contributed by atoms with Crippen LogP contribution < -0.4 is 5.32 Å². The maximum atomic E-state index is 3.66. The Balaban J connectivity index is 1.82. The standard InChI is InChI=1S/C16H29N3/c1-4-18-11-7-8-15(18)12-17-13-16(14(2)3)19-9-5-6-10-19/h7-8,11,14,16-17H,4-6,9-10,12-13H2,1-3H3. The van der Waals surface area contributed by atoms with Crippen LogP contribution in [0.4, 0.5) is 0 Å². The summed E-state index contributed by atoms with van der Waals surface area (Å²) in [5.41, 5.74) is 1.39. The molecule has 1 aromatic rings. The van der Waals surface area contributed by atoms with Crippen LogP contribution in [-0.2, 0) is 13.1 Å². The van der Waals surface area contributed by atoms with E-state index in [1.165, 1.54) is 31.6 Å². The van der Waals surface area contributed by atoms with Crippen molar-refractivity contribution < 1.29 is 0 Å². The SMILES string of the molecule is CCn1cccc1CNCC(C(C)C)N1CCCC1. The molecule has 0 saturated carbocycles. The Morgan fingerprint density at radius 1 is 1.26 bits per heavy atom. The van der Waals surface area contributed by atoms with Gasteiger partial charge in [0.2, 0.25) is 0 Å². The molecule has 0 radical (unpaired) electrons. The van der Waals surface area contributed by atoms with Crippen molar-refractivity contribution in [2.75, 3.05) is 19.6 Å². The summed E-state index contributed by atoms with van der Waals surface area (Å²) in [5, 5.41) is 3.66. The average Bonchev–Trinajstić information content (AvgIpc) is 3.05. The molecular weight excluding hydrogens is 234 g/mol. The lowest BCUT2D eigenvalue weighted by Gasteiger charge is -2.31. The molecule has 1 aromatic heterocycles. The molecule has 1 N–H and O–H groups in total. The van der Waals surface area contributed by atoms with Gasteiger partial charge in [-0.25, -0.2) is 0 Å². The maximum Gasteiger partial charge on any atom is 0.0359 e. The Kier molecular flexibility index (Phi) is 5.46. The number of aryl methyl sites for hydroxylation is 1. The highest BCUT2D eigenvalue weighted by Gasteiger charge is 2.23. The quantitative estimate of drug-likeness (QED) is 0.816. The zero-order valence-corrected chi connectivity index (χ0v) is 12.7. The summed E-state index contributed by atoms with van der Waals surface area (Å²) in [6, 6.07) is 5.05. The van der Waals surface area contributed by atoms with Crippen LogP contribution in [-0.4, -0.2) is 35.1 Å². The van der Waals surface area contributed by atoms with Gasteiger partial charge in [-0.1, -0.05) is 13.8 Å². The lowest BCUT2D eigenvalue weighted by Crippen LogP contribution is -2.44. The molecule has 1 aliphatic rings. The molecule has 2 heterocycles. The lowest BCUT2D eigenvalue weighted by atomic mass is 10.0. The molecule has 19 heavy (non-hydrogen) atoms. The largest absolute Gasteiger partial charge is 0.351 e. The highest BCUT2D eigenvalue weighted by atomic mass is 15.2. The Bertz CT molecular complexity index is 364. The molecular formula is C16H29N3. The van der Waals surface area contributed by atoms with E-state index in [0.29, 0.717) is 6.04 Å². The van der Waals surface area contributed by atoms with Crippen LogP contribution >= 0.6 is 0 Å². The van der Waals surface area contributed by atoms with Gasteiger partial charge in [0.1, 0.15) is 0 Å². The molecule has 3 nitrogen and oxygen atoms in total. The minimum absolute atomic E-state index is 0.688. The summed E-state index contributed by atoms with van der Waals surface area (Å²) in [6.45, 7) is 12.6. The van der Waals surface area contributed by atoms with E-state index >= 15 is 0 Å². The zero-order valence-electron chi connectivity index (χ0n) is 12.7. The van der Waals surface area contributed by atoms with Crippen LogP contribution in [0, 0.1) is 5.92 Å². The first-order chi connectivity index (χ1) is 9.22. The van der Waals surface area contributed by atoms with Crippen LogP contribution in [0.2, 0.25) is 0 Å². The monoisotopic (exact) mass is 263 g/mol. The average molecular weight is 263 g/mol. The van der Waals surface area contributed by atoms with Gasteiger partial charge in [-0.15, -0.1) is 0 Å². The fourth-order valence-electron chi connectivity index (χ4n) is 3.13. The second-order valence-corrected chi connectivity index (χ2v) is 5.97. The van der Waals surface area contributed by atoms with Gasteiger partial charge in [-0.05, 0) is 50.9 Å². The molecule has 108 valence electrons. The topological polar surface area (TPSA) is 20.2 Å². The Labute approximate surface area is 118 Å². The second kappa shape index (κ2) is 7.11. The number of likely N-dealkylation sites (tertiary alicyclic amines) is 1. The third kappa shape index (κ3) is 3.83. The predicted molar refractivity (Wildman–Crippen MR) is 81.2 cm³/mol. The Hall–Kier alpha value is -0.800. The van der Waals surface area contributed by atoms with E-state index in [-0.39, 0.29) is 0 Å². The minimum Gasteiger partial charge on any atom is -0.351 e. The number of hydrogen-bond donors (Lipinski definition) is 1. The first-order valence-electron chi connectivity index (χ1n) is 7.81. The zero-order chi connectivity index (χ0) is 13.7. The predicted octanol–water partition coefficient (Wildman–Crippen LogP) is 2.72. The summed E-state index contributed by atoms with van der Waals surface area (Å²) >= 11 is 0. The molecule has 1 unspecified atom stereocenters. The van der Waals surface area contributed by atoms with Gasteiger partial charge in [0.05, 0.1) is 0 Å². The normalized spacial score (nSPS) is 18.3. The van der Waals surface area contributed by atoms with Crippen LogP contribution in [0.1, 0.15) is 39.3 Å². The fraction of sp³-hybridized carbons (Fsp3) is 0.750. The van der Waals surface area contributed by atoms with E-state index in [9.17, 15) is 0 Å². The number of nitrogens with one attached hydrogen (secondary N) is 1. The number of rotatable bonds is 7. The number of hydrogen-bond acceptors (Lipinski definition) is 2. The third-order valence-corrected chi connectivity index (χ3v) is 4.30. The molecule has 2 rings (SSSR count). The van der Waals surface area contributed by atoms with Crippen molar-refractivity contribution in [3.63, 3.8) is 0 Å². The van der Waals surface area contributed by atoms with Gasteiger partial charge in [0.25, 0.3) is 0 Å².